The molecule has 1 spiro atoms. The van der Waals surface area contributed by atoms with Crippen molar-refractivity contribution < 1.29 is 50.9 Å². The Morgan fingerprint density at radius 3 is 2.13 bits per heavy atom. The Bertz CT molecular complexity index is 1030. The molecule has 2 aliphatic heterocycles. The van der Waals surface area contributed by atoms with Crippen LogP contribution in [0, 0.1) is 6.92 Å². The Morgan fingerprint density at radius 1 is 1.05 bits per heavy atom. The highest BCUT2D eigenvalue weighted by Crippen LogP contribution is 2.36. The summed E-state index contributed by atoms with van der Waals surface area (Å²) in [6.07, 6.45) is -3.45. The summed E-state index contributed by atoms with van der Waals surface area (Å²) < 4.78 is 69.7. The average molecular weight is 554 g/mol. The van der Waals surface area contributed by atoms with Crippen LogP contribution in [0.15, 0.2) is 30.6 Å². The van der Waals surface area contributed by atoms with E-state index in [9.17, 15) is 26.3 Å². The maximum Gasteiger partial charge on any atom is 0.490 e. The molecule has 0 bridgehead atoms. The number of ether oxygens (including phenoxy) is 1. The van der Waals surface area contributed by atoms with Gasteiger partial charge in [0.25, 0.3) is 0 Å². The average Bonchev–Trinajstić information content (AvgIpc) is 3.22. The number of piperidine rings is 1. The smallest absolute Gasteiger partial charge is 0.475 e. The van der Waals surface area contributed by atoms with Crippen molar-refractivity contribution >= 4 is 23.7 Å². The van der Waals surface area contributed by atoms with Crippen molar-refractivity contribution in [1.29, 1.82) is 0 Å². The molecular formula is C21H24F6N6O5. The van der Waals surface area contributed by atoms with Gasteiger partial charge >= 0.3 is 24.3 Å². The fourth-order valence-electron chi connectivity index (χ4n) is 3.63. The van der Waals surface area contributed by atoms with E-state index in [1.807, 2.05) is 25.1 Å². The first-order valence-electron chi connectivity index (χ1n) is 10.9. The number of carbonyl (C=O) groups is 2. The van der Waals surface area contributed by atoms with Gasteiger partial charge < -0.3 is 25.2 Å². The number of rotatable bonds is 3. The molecule has 2 atom stereocenters. The van der Waals surface area contributed by atoms with Gasteiger partial charge in [0.15, 0.2) is 0 Å². The predicted octanol–water partition coefficient (Wildman–Crippen LogP) is 3.08. The zero-order chi connectivity index (χ0) is 28.6. The highest BCUT2D eigenvalue weighted by atomic mass is 19.4. The van der Waals surface area contributed by atoms with Crippen molar-refractivity contribution in [2.24, 2.45) is 0 Å². The monoisotopic (exact) mass is 554 g/mol. The SMILES string of the molecule is Cc1ccc(NC2COC3(CCCN(c4ncccn4)C3)C2)nn1.O=C(O)C(F)(F)F.O=C(O)C(F)(F)F. The van der Waals surface area contributed by atoms with E-state index in [-0.39, 0.29) is 11.6 Å². The van der Waals surface area contributed by atoms with Crippen molar-refractivity contribution in [2.75, 3.05) is 29.9 Å². The lowest BCUT2D eigenvalue weighted by Gasteiger charge is -2.39. The minimum atomic E-state index is -5.08. The largest absolute Gasteiger partial charge is 0.490 e. The van der Waals surface area contributed by atoms with Crippen molar-refractivity contribution in [3.63, 3.8) is 0 Å². The van der Waals surface area contributed by atoms with E-state index >= 15 is 0 Å². The third-order valence-corrected chi connectivity index (χ3v) is 5.22. The van der Waals surface area contributed by atoms with Crippen LogP contribution in [0.1, 0.15) is 25.0 Å². The van der Waals surface area contributed by atoms with Crippen LogP contribution in [0.3, 0.4) is 0 Å². The first kappa shape index (κ1) is 30.5. The maximum absolute atomic E-state index is 10.6. The third-order valence-electron chi connectivity index (χ3n) is 5.22. The Kier molecular flexibility index (Phi) is 10.1. The topological polar surface area (TPSA) is 151 Å². The van der Waals surface area contributed by atoms with Crippen molar-refractivity contribution in [1.82, 2.24) is 20.2 Å². The molecule has 0 amide bonds. The fraction of sp³-hybridized carbons (Fsp3) is 0.524. The number of carboxylic acids is 2. The van der Waals surface area contributed by atoms with Gasteiger partial charge in [0.05, 0.1) is 23.9 Å². The Balaban J connectivity index is 0.000000301. The standard InChI is InChI=1S/C17H22N6O.2C2HF3O2/c1-13-4-5-15(22-21-13)20-14-10-17(24-11-14)6-2-9-23(12-17)16-18-7-3-8-19-16;2*3-2(4,5)1(6)7/h3-5,7-8,14H,2,6,9-12H2,1H3,(H,20,22);2*(H,6,7). The highest BCUT2D eigenvalue weighted by molar-refractivity contribution is 5.73. The molecule has 4 heterocycles. The van der Waals surface area contributed by atoms with Crippen LogP contribution in [0.25, 0.3) is 0 Å². The number of carboxylic acid groups (broad SMARTS) is 2. The summed E-state index contributed by atoms with van der Waals surface area (Å²) in [5.41, 5.74) is 0.804. The molecule has 17 heteroatoms. The van der Waals surface area contributed by atoms with Crippen LogP contribution < -0.4 is 10.2 Å². The van der Waals surface area contributed by atoms with Gasteiger partial charge in [0.2, 0.25) is 5.95 Å². The number of nitrogens with zero attached hydrogens (tertiary/aromatic N) is 5. The molecule has 0 aromatic carbocycles. The van der Waals surface area contributed by atoms with E-state index < -0.39 is 24.3 Å². The number of aryl methyl sites for hydroxylation is 1. The van der Waals surface area contributed by atoms with Crippen molar-refractivity contribution in [3.8, 4) is 0 Å². The molecule has 0 aliphatic carbocycles. The van der Waals surface area contributed by atoms with Gasteiger partial charge in [0.1, 0.15) is 5.82 Å². The summed E-state index contributed by atoms with van der Waals surface area (Å²) in [4.78, 5) is 28.8. The lowest BCUT2D eigenvalue weighted by molar-refractivity contribution is -0.193. The van der Waals surface area contributed by atoms with E-state index in [0.717, 1.165) is 49.8 Å². The van der Waals surface area contributed by atoms with Gasteiger partial charge in [-0.1, -0.05) is 0 Å². The van der Waals surface area contributed by atoms with Gasteiger partial charge in [-0.2, -0.15) is 31.4 Å². The van der Waals surface area contributed by atoms with Crippen LogP contribution in [-0.4, -0.2) is 86.0 Å². The number of nitrogens with one attached hydrogen (secondary N) is 1. The Morgan fingerprint density at radius 2 is 1.63 bits per heavy atom. The summed E-state index contributed by atoms with van der Waals surface area (Å²) in [5, 5.41) is 26.0. The minimum absolute atomic E-state index is 0.118. The van der Waals surface area contributed by atoms with Crippen molar-refractivity contribution in [3.05, 3.63) is 36.3 Å². The van der Waals surface area contributed by atoms with Gasteiger partial charge in [0, 0.05) is 31.9 Å². The second kappa shape index (κ2) is 12.7. The first-order valence-corrected chi connectivity index (χ1v) is 10.9. The first-order chi connectivity index (χ1) is 17.6. The van der Waals surface area contributed by atoms with Gasteiger partial charge in [-0.05, 0) is 38.0 Å². The second-order valence-corrected chi connectivity index (χ2v) is 8.28. The normalized spacial score (nSPS) is 21.0. The third kappa shape index (κ3) is 9.60. The van der Waals surface area contributed by atoms with Crippen LogP contribution in [0.5, 0.6) is 0 Å². The number of aromatic nitrogens is 4. The second-order valence-electron chi connectivity index (χ2n) is 8.28. The molecule has 2 aromatic rings. The van der Waals surface area contributed by atoms with Gasteiger partial charge in [-0.25, -0.2) is 19.6 Å². The van der Waals surface area contributed by atoms with Gasteiger partial charge in [-0.3, -0.25) is 0 Å². The summed E-state index contributed by atoms with van der Waals surface area (Å²) in [6.45, 7) is 4.46. The quantitative estimate of drug-likeness (QED) is 0.480. The molecule has 0 saturated carbocycles. The Hall–Kier alpha value is -3.76. The molecule has 2 unspecified atom stereocenters. The number of hydrogen-bond donors (Lipinski definition) is 3. The number of alkyl halides is 6. The predicted molar refractivity (Wildman–Crippen MR) is 118 cm³/mol. The van der Waals surface area contributed by atoms with E-state index in [2.05, 4.69) is 30.4 Å². The zero-order valence-corrected chi connectivity index (χ0v) is 19.8. The fourth-order valence-corrected chi connectivity index (χ4v) is 3.63. The number of hydrogen-bond acceptors (Lipinski definition) is 9. The van der Waals surface area contributed by atoms with E-state index in [0.29, 0.717) is 6.61 Å². The molecular weight excluding hydrogens is 530 g/mol. The summed E-state index contributed by atoms with van der Waals surface area (Å²) >= 11 is 0. The lowest BCUT2D eigenvalue weighted by Crippen LogP contribution is -2.48. The van der Waals surface area contributed by atoms with E-state index in [1.165, 1.54) is 0 Å². The number of anilines is 2. The maximum atomic E-state index is 10.6. The molecule has 0 radical (unpaired) electrons. The summed E-state index contributed by atoms with van der Waals surface area (Å²) in [7, 11) is 0. The molecule has 3 N–H and O–H groups in total. The Labute approximate surface area is 211 Å². The van der Waals surface area contributed by atoms with Crippen LogP contribution in [0.4, 0.5) is 38.1 Å². The van der Waals surface area contributed by atoms with Crippen LogP contribution >= 0.6 is 0 Å². The lowest BCUT2D eigenvalue weighted by atomic mass is 9.89. The number of aliphatic carboxylic acids is 2. The van der Waals surface area contributed by atoms with E-state index in [1.54, 1.807) is 12.4 Å². The van der Waals surface area contributed by atoms with E-state index in [4.69, 9.17) is 24.5 Å². The molecule has 2 fully saturated rings. The molecule has 11 nitrogen and oxygen atoms in total. The molecule has 2 aliphatic rings. The molecule has 2 aromatic heterocycles. The molecule has 2 saturated heterocycles. The van der Waals surface area contributed by atoms with Crippen molar-refractivity contribution in [2.45, 2.75) is 50.2 Å². The van der Waals surface area contributed by atoms with Crippen LogP contribution in [-0.2, 0) is 14.3 Å². The summed E-state index contributed by atoms with van der Waals surface area (Å²) in [5.74, 6) is -3.91. The number of halogens is 6. The molecule has 4 rings (SSSR count). The minimum Gasteiger partial charge on any atom is -0.475 e. The van der Waals surface area contributed by atoms with Crippen LogP contribution in [0.2, 0.25) is 0 Å². The zero-order valence-electron chi connectivity index (χ0n) is 19.8. The molecule has 38 heavy (non-hydrogen) atoms. The highest BCUT2D eigenvalue weighted by Gasteiger charge is 2.44. The summed E-state index contributed by atoms with van der Waals surface area (Å²) in [6, 6.07) is 6.05. The van der Waals surface area contributed by atoms with Gasteiger partial charge in [-0.15, -0.1) is 5.10 Å². The molecule has 210 valence electrons.